The van der Waals surface area contributed by atoms with E-state index in [4.69, 9.17) is 16.7 Å². The van der Waals surface area contributed by atoms with Crippen molar-refractivity contribution in [3.8, 4) is 0 Å². The molecule has 0 fully saturated rings. The summed E-state index contributed by atoms with van der Waals surface area (Å²) in [6, 6.07) is 8.29. The second kappa shape index (κ2) is 5.10. The van der Waals surface area contributed by atoms with Crippen LogP contribution in [0.4, 0.5) is 0 Å². The van der Waals surface area contributed by atoms with Gasteiger partial charge >= 0.3 is 5.97 Å². The normalized spacial score (nSPS) is 10.8. The zero-order chi connectivity index (χ0) is 14.1. The zero-order valence-electron chi connectivity index (χ0n) is 9.89. The summed E-state index contributed by atoms with van der Waals surface area (Å²) in [6.07, 6.45) is 1.82. The third kappa shape index (κ3) is 2.45. The Morgan fingerprint density at radius 3 is 2.95 bits per heavy atom. The van der Waals surface area contributed by atoms with Crippen molar-refractivity contribution < 1.29 is 9.90 Å². The Balaban J connectivity index is 2.00. The fraction of sp³-hybridized carbons (Fsp3) is 0. The van der Waals surface area contributed by atoms with E-state index in [1.165, 1.54) is 23.9 Å². The minimum atomic E-state index is -1.05. The van der Waals surface area contributed by atoms with Gasteiger partial charge in [0.1, 0.15) is 10.2 Å². The monoisotopic (exact) mass is 306 g/mol. The molecular weight excluding hydrogens is 300 g/mol. The molecule has 20 heavy (non-hydrogen) atoms. The third-order valence-corrected chi connectivity index (χ3v) is 3.57. The van der Waals surface area contributed by atoms with Gasteiger partial charge in [-0.2, -0.15) is 0 Å². The molecule has 1 N–H and O–H groups in total. The predicted molar refractivity (Wildman–Crippen MR) is 73.3 cm³/mol. The maximum absolute atomic E-state index is 11.0. The van der Waals surface area contributed by atoms with E-state index in [2.05, 4.69) is 15.2 Å². The van der Waals surface area contributed by atoms with Gasteiger partial charge in [0.15, 0.2) is 5.65 Å². The molecule has 0 amide bonds. The van der Waals surface area contributed by atoms with Crippen molar-refractivity contribution in [1.29, 1.82) is 0 Å². The van der Waals surface area contributed by atoms with Crippen LogP contribution in [0.15, 0.2) is 46.7 Å². The first-order valence-electron chi connectivity index (χ1n) is 5.52. The highest BCUT2D eigenvalue weighted by molar-refractivity contribution is 7.99. The number of pyridine rings is 2. The van der Waals surface area contributed by atoms with Crippen LogP contribution in [-0.4, -0.2) is 30.7 Å². The first-order valence-corrected chi connectivity index (χ1v) is 6.71. The lowest BCUT2D eigenvalue weighted by Gasteiger charge is -2.02. The summed E-state index contributed by atoms with van der Waals surface area (Å²) in [7, 11) is 0. The highest BCUT2D eigenvalue weighted by Gasteiger charge is 2.12. The lowest BCUT2D eigenvalue weighted by molar-refractivity contribution is 0.0696. The summed E-state index contributed by atoms with van der Waals surface area (Å²) in [5.41, 5.74) is 0.789. The van der Waals surface area contributed by atoms with E-state index in [1.807, 2.05) is 24.4 Å². The standard InChI is InChI=1S/C12H7ClN4O2S/c13-8-5-7(11(18)19)6-10(14-8)20-12-16-15-9-3-1-2-4-17(9)12/h1-6H,(H,18,19). The quantitative estimate of drug-likeness (QED) is 0.749. The Hall–Kier alpha value is -2.12. The largest absolute Gasteiger partial charge is 0.478 e. The van der Waals surface area contributed by atoms with Crippen LogP contribution in [0.5, 0.6) is 0 Å². The molecule has 0 unspecified atom stereocenters. The molecule has 100 valence electrons. The second-order valence-corrected chi connectivity index (χ2v) is 5.21. The van der Waals surface area contributed by atoms with Crippen LogP contribution in [0.1, 0.15) is 10.4 Å². The van der Waals surface area contributed by atoms with E-state index >= 15 is 0 Å². The van der Waals surface area contributed by atoms with Gasteiger partial charge in [-0.25, -0.2) is 9.78 Å². The minimum Gasteiger partial charge on any atom is -0.478 e. The average molecular weight is 307 g/mol. The molecule has 3 aromatic heterocycles. The molecule has 0 aliphatic heterocycles. The first kappa shape index (κ1) is 12.9. The molecule has 3 rings (SSSR count). The van der Waals surface area contributed by atoms with Gasteiger partial charge in [0.05, 0.1) is 5.56 Å². The lowest BCUT2D eigenvalue weighted by atomic mass is 10.3. The van der Waals surface area contributed by atoms with Crippen LogP contribution < -0.4 is 0 Å². The van der Waals surface area contributed by atoms with Crippen LogP contribution in [0, 0.1) is 0 Å². The molecule has 0 bridgehead atoms. The van der Waals surface area contributed by atoms with E-state index < -0.39 is 5.97 Å². The minimum absolute atomic E-state index is 0.0846. The van der Waals surface area contributed by atoms with Crippen molar-refractivity contribution >= 4 is 35.0 Å². The Bertz CT molecular complexity index is 805. The Morgan fingerprint density at radius 2 is 2.15 bits per heavy atom. The number of fused-ring (bicyclic) bond motifs is 1. The number of hydrogen-bond acceptors (Lipinski definition) is 5. The molecule has 0 aromatic carbocycles. The number of carboxylic acids is 1. The molecule has 6 nitrogen and oxygen atoms in total. The van der Waals surface area contributed by atoms with Gasteiger partial charge in [0, 0.05) is 6.20 Å². The van der Waals surface area contributed by atoms with Crippen LogP contribution >= 0.6 is 23.4 Å². The van der Waals surface area contributed by atoms with Crippen LogP contribution in [0.2, 0.25) is 5.15 Å². The van der Waals surface area contributed by atoms with Crippen molar-refractivity contribution in [2.45, 2.75) is 10.2 Å². The molecule has 3 heterocycles. The van der Waals surface area contributed by atoms with Gasteiger partial charge in [-0.1, -0.05) is 17.7 Å². The molecule has 0 saturated heterocycles. The van der Waals surface area contributed by atoms with Crippen molar-refractivity contribution in [1.82, 2.24) is 19.6 Å². The third-order valence-electron chi connectivity index (χ3n) is 2.50. The highest BCUT2D eigenvalue weighted by Crippen LogP contribution is 2.27. The summed E-state index contributed by atoms with van der Waals surface area (Å²) in [4.78, 5) is 15.1. The Morgan fingerprint density at radius 1 is 1.30 bits per heavy atom. The van der Waals surface area contributed by atoms with Gasteiger partial charge in [-0.05, 0) is 36.0 Å². The number of aromatic carboxylic acids is 1. The van der Waals surface area contributed by atoms with E-state index in [9.17, 15) is 4.79 Å². The maximum atomic E-state index is 11.0. The molecule has 0 radical (unpaired) electrons. The number of hydrogen-bond donors (Lipinski definition) is 1. The van der Waals surface area contributed by atoms with Gasteiger partial charge in [0.2, 0.25) is 5.16 Å². The number of carboxylic acid groups (broad SMARTS) is 1. The summed E-state index contributed by atoms with van der Waals surface area (Å²) < 4.78 is 1.79. The smallest absolute Gasteiger partial charge is 0.335 e. The summed E-state index contributed by atoms with van der Waals surface area (Å²) in [5, 5.41) is 18.2. The van der Waals surface area contributed by atoms with Gasteiger partial charge in [-0.15, -0.1) is 10.2 Å². The molecule has 0 aliphatic carbocycles. The summed E-state index contributed by atoms with van der Waals surface area (Å²) >= 11 is 7.02. The topological polar surface area (TPSA) is 80.4 Å². The molecular formula is C12H7ClN4O2S. The lowest BCUT2D eigenvalue weighted by Crippen LogP contribution is -1.98. The van der Waals surface area contributed by atoms with Crippen LogP contribution in [-0.2, 0) is 0 Å². The van der Waals surface area contributed by atoms with Crippen molar-refractivity contribution in [2.75, 3.05) is 0 Å². The summed E-state index contributed by atoms with van der Waals surface area (Å²) in [5.74, 6) is -1.05. The zero-order valence-corrected chi connectivity index (χ0v) is 11.5. The van der Waals surface area contributed by atoms with Crippen LogP contribution in [0.25, 0.3) is 5.65 Å². The second-order valence-electron chi connectivity index (χ2n) is 3.84. The number of nitrogens with zero attached hydrogens (tertiary/aromatic N) is 4. The Labute approximate surface area is 122 Å². The maximum Gasteiger partial charge on any atom is 0.335 e. The van der Waals surface area contributed by atoms with E-state index in [0.717, 1.165) is 0 Å². The average Bonchev–Trinajstić information content (AvgIpc) is 2.82. The number of halogens is 1. The Kier molecular flexibility index (Phi) is 3.29. The fourth-order valence-corrected chi connectivity index (χ4v) is 2.74. The molecule has 0 spiro atoms. The number of rotatable bonds is 3. The van der Waals surface area contributed by atoms with Gasteiger partial charge < -0.3 is 5.11 Å². The number of carbonyl (C=O) groups is 1. The van der Waals surface area contributed by atoms with Gasteiger partial charge in [-0.3, -0.25) is 4.40 Å². The molecule has 0 saturated carbocycles. The van der Waals surface area contributed by atoms with Crippen molar-refractivity contribution in [2.24, 2.45) is 0 Å². The number of aromatic nitrogens is 4. The van der Waals surface area contributed by atoms with E-state index in [1.54, 1.807) is 4.40 Å². The first-order chi connectivity index (χ1) is 9.63. The van der Waals surface area contributed by atoms with E-state index in [-0.39, 0.29) is 10.7 Å². The van der Waals surface area contributed by atoms with Crippen LogP contribution in [0.3, 0.4) is 0 Å². The molecule has 3 aromatic rings. The van der Waals surface area contributed by atoms with E-state index in [0.29, 0.717) is 15.8 Å². The molecule has 0 atom stereocenters. The van der Waals surface area contributed by atoms with Crippen molar-refractivity contribution in [3.63, 3.8) is 0 Å². The molecule has 0 aliphatic rings. The fourth-order valence-electron chi connectivity index (χ4n) is 1.63. The SMILES string of the molecule is O=C(O)c1cc(Cl)nc(Sc2nnc3ccccn23)c1. The van der Waals surface area contributed by atoms with Gasteiger partial charge in [0.25, 0.3) is 0 Å². The van der Waals surface area contributed by atoms with Crippen molar-refractivity contribution in [3.05, 3.63) is 47.2 Å². The summed E-state index contributed by atoms with van der Waals surface area (Å²) in [6.45, 7) is 0. The molecule has 8 heteroatoms. The highest BCUT2D eigenvalue weighted by atomic mass is 35.5. The predicted octanol–water partition coefficient (Wildman–Crippen LogP) is 2.63.